The molecule has 1 aliphatic rings. The second kappa shape index (κ2) is 5.40. The van der Waals surface area contributed by atoms with Crippen LogP contribution in [0.3, 0.4) is 0 Å². The van der Waals surface area contributed by atoms with Gasteiger partial charge in [-0.2, -0.15) is 5.26 Å². The third kappa shape index (κ3) is 2.26. The van der Waals surface area contributed by atoms with Gasteiger partial charge in [0.2, 0.25) is 0 Å². The summed E-state index contributed by atoms with van der Waals surface area (Å²) in [4.78, 5) is 2.29. The Morgan fingerprint density at radius 1 is 1.20 bits per heavy atom. The van der Waals surface area contributed by atoms with Gasteiger partial charge in [-0.15, -0.1) is 0 Å². The van der Waals surface area contributed by atoms with Crippen LogP contribution in [0.25, 0.3) is 11.1 Å². The molecule has 2 nitrogen and oxygen atoms in total. The van der Waals surface area contributed by atoms with Crippen LogP contribution < -0.4 is 0 Å². The van der Waals surface area contributed by atoms with Crippen LogP contribution in [0.1, 0.15) is 16.7 Å². The summed E-state index contributed by atoms with van der Waals surface area (Å²) in [5, 5.41) is 9.36. The smallest absolute Gasteiger partial charge is 0.100 e. The first-order valence-corrected chi connectivity index (χ1v) is 7.48. The lowest BCUT2D eigenvalue weighted by Crippen LogP contribution is -2.27. The lowest BCUT2D eigenvalue weighted by atomic mass is 9.89. The van der Waals surface area contributed by atoms with E-state index in [0.29, 0.717) is 0 Å². The first-order valence-electron chi connectivity index (χ1n) is 6.69. The molecule has 0 saturated carbocycles. The van der Waals surface area contributed by atoms with Gasteiger partial charge in [-0.05, 0) is 57.7 Å². The molecule has 3 rings (SSSR count). The van der Waals surface area contributed by atoms with E-state index in [1.807, 2.05) is 24.3 Å². The molecule has 0 radical (unpaired) electrons. The summed E-state index contributed by atoms with van der Waals surface area (Å²) < 4.78 is 0.959. The van der Waals surface area contributed by atoms with Gasteiger partial charge in [0.05, 0.1) is 5.56 Å². The van der Waals surface area contributed by atoms with Crippen LogP contribution in [0.15, 0.2) is 40.9 Å². The van der Waals surface area contributed by atoms with E-state index in [4.69, 9.17) is 0 Å². The molecular weight excluding hydrogens is 312 g/mol. The zero-order valence-electron chi connectivity index (χ0n) is 11.4. The van der Waals surface area contributed by atoms with E-state index >= 15 is 0 Å². The molecule has 0 spiro atoms. The Hall–Kier alpha value is -1.63. The summed E-state index contributed by atoms with van der Waals surface area (Å²) in [6.07, 6.45) is 1.03. The van der Waals surface area contributed by atoms with Gasteiger partial charge in [-0.25, -0.2) is 0 Å². The van der Waals surface area contributed by atoms with E-state index < -0.39 is 0 Å². The predicted octanol–water partition coefficient (Wildman–Crippen LogP) is 3.98. The van der Waals surface area contributed by atoms with Crippen LogP contribution in [0.2, 0.25) is 0 Å². The van der Waals surface area contributed by atoms with Crippen molar-refractivity contribution in [3.8, 4) is 17.2 Å². The Labute approximate surface area is 127 Å². The molecule has 0 aromatic heterocycles. The Balaban J connectivity index is 2.26. The normalized spacial score (nSPS) is 14.7. The number of fused-ring (bicyclic) bond motifs is 1. The highest BCUT2D eigenvalue weighted by Crippen LogP contribution is 2.36. The Morgan fingerprint density at radius 3 is 2.65 bits per heavy atom. The average Bonchev–Trinajstić information content (AvgIpc) is 2.49. The van der Waals surface area contributed by atoms with Crippen molar-refractivity contribution in [3.63, 3.8) is 0 Å². The van der Waals surface area contributed by atoms with Gasteiger partial charge in [0.1, 0.15) is 6.07 Å². The molecule has 0 atom stereocenters. The number of hydrogen-bond acceptors (Lipinski definition) is 2. The number of nitriles is 1. The minimum atomic E-state index is 0.720. The molecule has 0 fully saturated rings. The van der Waals surface area contributed by atoms with Gasteiger partial charge in [-0.3, -0.25) is 0 Å². The van der Waals surface area contributed by atoms with Gasteiger partial charge in [-0.1, -0.05) is 30.3 Å². The summed E-state index contributed by atoms with van der Waals surface area (Å²) in [7, 11) is 2.12. The molecule has 20 heavy (non-hydrogen) atoms. The highest BCUT2D eigenvalue weighted by atomic mass is 79.9. The fraction of sp³-hybridized carbons (Fsp3) is 0.235. The Kier molecular flexibility index (Phi) is 3.60. The fourth-order valence-electron chi connectivity index (χ4n) is 2.81. The molecule has 0 bridgehead atoms. The number of benzene rings is 2. The van der Waals surface area contributed by atoms with Crippen LogP contribution in [-0.4, -0.2) is 18.5 Å². The summed E-state index contributed by atoms with van der Waals surface area (Å²) in [6, 6.07) is 14.7. The molecule has 0 aliphatic carbocycles. The van der Waals surface area contributed by atoms with Gasteiger partial charge in [0, 0.05) is 17.6 Å². The largest absolute Gasteiger partial charge is 0.302 e. The van der Waals surface area contributed by atoms with Gasteiger partial charge < -0.3 is 4.90 Å². The van der Waals surface area contributed by atoms with Crippen molar-refractivity contribution in [2.24, 2.45) is 0 Å². The summed E-state index contributed by atoms with van der Waals surface area (Å²) in [5.74, 6) is 0. The lowest BCUT2D eigenvalue weighted by molar-refractivity contribution is 0.312. The van der Waals surface area contributed by atoms with Crippen LogP contribution in [0.5, 0.6) is 0 Å². The monoisotopic (exact) mass is 326 g/mol. The van der Waals surface area contributed by atoms with Gasteiger partial charge in [0.25, 0.3) is 0 Å². The molecule has 2 aromatic carbocycles. The minimum Gasteiger partial charge on any atom is -0.302 e. The van der Waals surface area contributed by atoms with Crippen LogP contribution in [0, 0.1) is 11.3 Å². The topological polar surface area (TPSA) is 27.0 Å². The van der Waals surface area contributed by atoms with Crippen molar-refractivity contribution in [2.75, 3.05) is 13.6 Å². The molecular formula is C17H15BrN2. The SMILES string of the molecule is CN1CCc2c(-c3ccccc3)cc(C#N)c(Br)c2C1. The maximum absolute atomic E-state index is 9.36. The highest BCUT2D eigenvalue weighted by Gasteiger charge is 2.22. The molecule has 1 aliphatic heterocycles. The van der Waals surface area contributed by atoms with E-state index in [0.717, 1.165) is 29.5 Å². The second-order valence-corrected chi connectivity index (χ2v) is 6.00. The molecule has 0 amide bonds. The van der Waals surface area contributed by atoms with Crippen molar-refractivity contribution in [2.45, 2.75) is 13.0 Å². The van der Waals surface area contributed by atoms with Gasteiger partial charge >= 0.3 is 0 Å². The van der Waals surface area contributed by atoms with E-state index in [-0.39, 0.29) is 0 Å². The van der Waals surface area contributed by atoms with E-state index in [9.17, 15) is 5.26 Å². The number of halogens is 1. The zero-order valence-corrected chi connectivity index (χ0v) is 12.9. The van der Waals surface area contributed by atoms with Crippen molar-refractivity contribution in [1.82, 2.24) is 4.90 Å². The van der Waals surface area contributed by atoms with Crippen LogP contribution in [-0.2, 0) is 13.0 Å². The van der Waals surface area contributed by atoms with Gasteiger partial charge in [0.15, 0.2) is 0 Å². The van der Waals surface area contributed by atoms with E-state index in [1.54, 1.807) is 0 Å². The molecule has 3 heteroatoms. The highest BCUT2D eigenvalue weighted by molar-refractivity contribution is 9.10. The van der Waals surface area contributed by atoms with Crippen molar-refractivity contribution in [1.29, 1.82) is 5.26 Å². The molecule has 0 saturated heterocycles. The Morgan fingerprint density at radius 2 is 1.95 bits per heavy atom. The number of nitrogens with zero attached hydrogens (tertiary/aromatic N) is 2. The molecule has 100 valence electrons. The third-order valence-corrected chi connectivity index (χ3v) is 4.76. The number of hydrogen-bond donors (Lipinski definition) is 0. The van der Waals surface area contributed by atoms with Crippen molar-refractivity contribution < 1.29 is 0 Å². The molecule has 1 heterocycles. The van der Waals surface area contributed by atoms with E-state index in [2.05, 4.69) is 46.1 Å². The molecule has 0 N–H and O–H groups in total. The molecule has 0 unspecified atom stereocenters. The van der Waals surface area contributed by atoms with Crippen LogP contribution >= 0.6 is 15.9 Å². The quantitative estimate of drug-likeness (QED) is 0.792. The summed E-state index contributed by atoms with van der Waals surface area (Å²) in [6.45, 7) is 1.95. The number of likely N-dealkylation sites (N-methyl/N-ethyl adjacent to an activating group) is 1. The van der Waals surface area contributed by atoms with Crippen molar-refractivity contribution in [3.05, 3.63) is 57.6 Å². The standard InChI is InChI=1S/C17H15BrN2/c1-20-8-7-14-15(12-5-3-2-4-6-12)9-13(10-19)17(18)16(14)11-20/h2-6,9H,7-8,11H2,1H3. The summed E-state index contributed by atoms with van der Waals surface area (Å²) >= 11 is 3.61. The average molecular weight is 327 g/mol. The Bertz CT molecular complexity index is 686. The van der Waals surface area contributed by atoms with Crippen LogP contribution in [0.4, 0.5) is 0 Å². The minimum absolute atomic E-state index is 0.720. The number of rotatable bonds is 1. The zero-order chi connectivity index (χ0) is 14.1. The van der Waals surface area contributed by atoms with Crippen molar-refractivity contribution >= 4 is 15.9 Å². The maximum atomic E-state index is 9.36. The fourth-order valence-corrected chi connectivity index (χ4v) is 3.38. The first kappa shape index (κ1) is 13.4. The second-order valence-electron chi connectivity index (χ2n) is 5.21. The molecule has 2 aromatic rings. The third-order valence-electron chi connectivity index (χ3n) is 3.86. The van der Waals surface area contributed by atoms with E-state index in [1.165, 1.54) is 22.3 Å². The first-order chi connectivity index (χ1) is 9.70. The predicted molar refractivity (Wildman–Crippen MR) is 84.3 cm³/mol. The summed E-state index contributed by atoms with van der Waals surface area (Å²) in [5.41, 5.74) is 5.75. The maximum Gasteiger partial charge on any atom is 0.100 e. The lowest BCUT2D eigenvalue weighted by Gasteiger charge is -2.28.